The molecule has 0 aromatic heterocycles. The second-order valence-corrected chi connectivity index (χ2v) is 5.84. The van der Waals surface area contributed by atoms with Gasteiger partial charge in [0.25, 0.3) is 0 Å². The summed E-state index contributed by atoms with van der Waals surface area (Å²) < 4.78 is 0. The van der Waals surface area contributed by atoms with Crippen LogP contribution in [0.25, 0.3) is 0 Å². The van der Waals surface area contributed by atoms with Crippen molar-refractivity contribution in [3.8, 4) is 0 Å². The Morgan fingerprint density at radius 2 is 1.86 bits per heavy atom. The number of hydrogen-bond acceptors (Lipinski definition) is 2. The molecular weight excluding hydrogens is 280 g/mol. The van der Waals surface area contributed by atoms with Crippen LogP contribution in [0.1, 0.15) is 51.9 Å². The maximum Gasteiger partial charge on any atom is 0.303 e. The first-order valence-electron chi connectivity index (χ1n) is 7.76. The molecule has 0 spiro atoms. The van der Waals surface area contributed by atoms with Crippen LogP contribution in [0.4, 0.5) is 0 Å². The number of hydrogen-bond donors (Lipinski definition) is 1. The molecule has 0 radical (unpaired) electrons. The van der Waals surface area contributed by atoms with Gasteiger partial charge in [0, 0.05) is 12.2 Å². The first-order valence-corrected chi connectivity index (χ1v) is 8.91. The molecule has 0 atom stereocenters. The van der Waals surface area contributed by atoms with Gasteiger partial charge in [-0.25, -0.2) is 0 Å². The smallest absolute Gasteiger partial charge is 0.303 e. The number of thioether (sulfide) groups is 1. The van der Waals surface area contributed by atoms with Crippen molar-refractivity contribution in [3.05, 3.63) is 42.2 Å². The van der Waals surface area contributed by atoms with E-state index in [2.05, 4.69) is 37.0 Å². The van der Waals surface area contributed by atoms with E-state index in [9.17, 15) is 4.79 Å². The molecule has 0 saturated carbocycles. The number of carboxylic acid groups (broad SMARTS) is 1. The third-order valence-electron chi connectivity index (χ3n) is 2.69. The summed E-state index contributed by atoms with van der Waals surface area (Å²) in [7, 11) is 0. The topological polar surface area (TPSA) is 37.3 Å². The summed E-state index contributed by atoms with van der Waals surface area (Å²) in [5, 5.41) is 8.46. The second-order valence-electron chi connectivity index (χ2n) is 4.69. The molecule has 1 N–H and O–H groups in total. The average Bonchev–Trinajstić information content (AvgIpc) is 2.46. The Labute approximate surface area is 133 Å². The fourth-order valence-corrected chi connectivity index (χ4v) is 2.24. The maximum atomic E-state index is 10.3. The Morgan fingerprint density at radius 1 is 1.10 bits per heavy atom. The number of carboxylic acids is 1. The summed E-state index contributed by atoms with van der Waals surface area (Å²) in [6.07, 6.45) is 19.2. The fourth-order valence-electron chi connectivity index (χ4n) is 1.52. The van der Waals surface area contributed by atoms with Crippen LogP contribution in [-0.4, -0.2) is 22.6 Å². The highest BCUT2D eigenvalue weighted by Crippen LogP contribution is 2.04. The van der Waals surface area contributed by atoms with Gasteiger partial charge in [0.1, 0.15) is 0 Å². The molecular formula is C18H28O2S. The van der Waals surface area contributed by atoms with Crippen LogP contribution in [0.3, 0.4) is 0 Å². The molecule has 0 aliphatic rings. The molecule has 0 aromatic carbocycles. The van der Waals surface area contributed by atoms with Gasteiger partial charge in [-0.15, -0.1) is 5.73 Å². The third-order valence-corrected chi connectivity index (χ3v) is 3.64. The zero-order chi connectivity index (χ0) is 15.6. The van der Waals surface area contributed by atoms with Crippen LogP contribution in [0.15, 0.2) is 42.2 Å². The van der Waals surface area contributed by atoms with E-state index in [1.165, 1.54) is 19.3 Å². The minimum Gasteiger partial charge on any atom is -0.481 e. The molecule has 0 aliphatic carbocycles. The lowest BCUT2D eigenvalue weighted by atomic mass is 10.2. The summed E-state index contributed by atoms with van der Waals surface area (Å²) in [6, 6.07) is 0. The average molecular weight is 308 g/mol. The normalized spacial score (nSPS) is 10.9. The fraction of sp³-hybridized carbons (Fsp3) is 0.556. The first-order chi connectivity index (χ1) is 10.3. The first kappa shape index (κ1) is 19.8. The number of aliphatic carboxylic acids is 1. The quantitative estimate of drug-likeness (QED) is 0.282. The van der Waals surface area contributed by atoms with E-state index in [0.29, 0.717) is 6.42 Å². The van der Waals surface area contributed by atoms with Crippen molar-refractivity contribution in [2.45, 2.75) is 51.9 Å². The minimum absolute atomic E-state index is 0.188. The van der Waals surface area contributed by atoms with E-state index in [0.717, 1.165) is 24.3 Å². The lowest BCUT2D eigenvalue weighted by molar-refractivity contribution is -0.136. The van der Waals surface area contributed by atoms with E-state index in [4.69, 9.17) is 5.11 Å². The Bertz CT molecular complexity index is 363. The van der Waals surface area contributed by atoms with Crippen LogP contribution in [0.2, 0.25) is 0 Å². The molecule has 21 heavy (non-hydrogen) atoms. The van der Waals surface area contributed by atoms with Gasteiger partial charge in [-0.05, 0) is 43.6 Å². The number of allylic oxidation sites excluding steroid dienone is 4. The highest BCUT2D eigenvalue weighted by Gasteiger charge is 1.90. The van der Waals surface area contributed by atoms with Crippen molar-refractivity contribution in [3.63, 3.8) is 0 Å². The lowest BCUT2D eigenvalue weighted by Crippen LogP contribution is -1.91. The Balaban J connectivity index is 3.37. The van der Waals surface area contributed by atoms with Crippen molar-refractivity contribution < 1.29 is 9.90 Å². The van der Waals surface area contributed by atoms with E-state index in [-0.39, 0.29) is 6.42 Å². The van der Waals surface area contributed by atoms with Crippen LogP contribution in [-0.2, 0) is 4.79 Å². The highest BCUT2D eigenvalue weighted by molar-refractivity contribution is 7.99. The van der Waals surface area contributed by atoms with Gasteiger partial charge in [-0.1, -0.05) is 44.1 Å². The van der Waals surface area contributed by atoms with Crippen molar-refractivity contribution in [2.75, 3.05) is 11.5 Å². The van der Waals surface area contributed by atoms with E-state index in [1.807, 2.05) is 17.8 Å². The Morgan fingerprint density at radius 3 is 2.62 bits per heavy atom. The molecule has 118 valence electrons. The second kappa shape index (κ2) is 16.9. The molecule has 0 fully saturated rings. The van der Waals surface area contributed by atoms with Gasteiger partial charge in [0.15, 0.2) is 0 Å². The van der Waals surface area contributed by atoms with Crippen molar-refractivity contribution >= 4 is 17.7 Å². The van der Waals surface area contributed by atoms with Gasteiger partial charge in [-0.3, -0.25) is 4.79 Å². The molecule has 0 amide bonds. The molecule has 0 saturated heterocycles. The van der Waals surface area contributed by atoms with Crippen molar-refractivity contribution in [1.29, 1.82) is 0 Å². The number of unbranched alkanes of at least 4 members (excludes halogenated alkanes) is 2. The van der Waals surface area contributed by atoms with E-state index in [1.54, 1.807) is 6.08 Å². The summed E-state index contributed by atoms with van der Waals surface area (Å²) in [5.74, 6) is 1.38. The van der Waals surface area contributed by atoms with Crippen LogP contribution in [0, 0.1) is 0 Å². The van der Waals surface area contributed by atoms with Gasteiger partial charge in [0.2, 0.25) is 0 Å². The Kier molecular flexibility index (Phi) is 15.9. The molecule has 0 heterocycles. The molecule has 0 rings (SSSR count). The SMILES string of the molecule is CCCC/C=C\C/C=C\CSCCC=C=CCCC(=O)O. The molecule has 0 aliphatic heterocycles. The number of rotatable bonds is 13. The van der Waals surface area contributed by atoms with Crippen LogP contribution in [0.5, 0.6) is 0 Å². The summed E-state index contributed by atoms with van der Waals surface area (Å²) in [6.45, 7) is 2.21. The van der Waals surface area contributed by atoms with Gasteiger partial charge < -0.3 is 5.11 Å². The van der Waals surface area contributed by atoms with Crippen molar-refractivity contribution in [2.24, 2.45) is 0 Å². The largest absolute Gasteiger partial charge is 0.481 e. The van der Waals surface area contributed by atoms with E-state index < -0.39 is 5.97 Å². The number of carbonyl (C=O) groups is 1. The van der Waals surface area contributed by atoms with Crippen molar-refractivity contribution in [1.82, 2.24) is 0 Å². The van der Waals surface area contributed by atoms with E-state index >= 15 is 0 Å². The maximum absolute atomic E-state index is 10.3. The summed E-state index contributed by atoms with van der Waals surface area (Å²) in [4.78, 5) is 10.3. The standard InChI is InChI=1S/C18H28O2S/c1-2-3-4-5-6-7-10-13-16-21-17-14-11-8-9-12-15-18(19)20/h5-6,9-11,13H,2-4,7,12,14-17H2,1H3,(H,19,20)/b6-5-,13-10-. The summed E-state index contributed by atoms with van der Waals surface area (Å²) in [5.41, 5.74) is 3.02. The molecule has 3 heteroatoms. The third kappa shape index (κ3) is 18.8. The predicted octanol–water partition coefficient (Wildman–Crippen LogP) is 5.38. The highest BCUT2D eigenvalue weighted by atomic mass is 32.2. The molecule has 0 unspecified atom stereocenters. The lowest BCUT2D eigenvalue weighted by Gasteiger charge is -1.92. The predicted molar refractivity (Wildman–Crippen MR) is 93.9 cm³/mol. The Hall–Kier alpha value is -1.18. The van der Waals surface area contributed by atoms with Crippen LogP contribution < -0.4 is 0 Å². The van der Waals surface area contributed by atoms with Gasteiger partial charge >= 0.3 is 5.97 Å². The zero-order valence-corrected chi connectivity index (χ0v) is 13.9. The summed E-state index contributed by atoms with van der Waals surface area (Å²) >= 11 is 1.90. The molecule has 0 aromatic rings. The van der Waals surface area contributed by atoms with Crippen LogP contribution >= 0.6 is 11.8 Å². The molecule has 2 nitrogen and oxygen atoms in total. The minimum atomic E-state index is -0.754. The van der Waals surface area contributed by atoms with Gasteiger partial charge in [0.05, 0.1) is 0 Å². The zero-order valence-electron chi connectivity index (χ0n) is 13.1. The monoisotopic (exact) mass is 308 g/mol. The molecule has 0 bridgehead atoms. The van der Waals surface area contributed by atoms with Gasteiger partial charge in [-0.2, -0.15) is 11.8 Å².